The molecule has 23 heavy (non-hydrogen) atoms. The van der Waals surface area contributed by atoms with E-state index in [0.29, 0.717) is 23.4 Å². The van der Waals surface area contributed by atoms with Crippen molar-refractivity contribution < 1.29 is 19.4 Å². The third-order valence-corrected chi connectivity index (χ3v) is 3.24. The van der Waals surface area contributed by atoms with Gasteiger partial charge in [0.2, 0.25) is 0 Å². The van der Waals surface area contributed by atoms with E-state index in [1.54, 1.807) is 42.8 Å². The van der Waals surface area contributed by atoms with Gasteiger partial charge in [-0.3, -0.25) is 4.79 Å². The van der Waals surface area contributed by atoms with Gasteiger partial charge in [-0.1, -0.05) is 11.3 Å². The summed E-state index contributed by atoms with van der Waals surface area (Å²) in [5, 5.41) is 16.8. The van der Waals surface area contributed by atoms with Crippen LogP contribution in [0.4, 0.5) is 0 Å². The highest BCUT2D eigenvalue weighted by atomic mass is 16.5. The molecule has 1 aromatic heterocycles. The Bertz CT molecular complexity index is 722. The van der Waals surface area contributed by atoms with Crippen LogP contribution in [0.15, 0.2) is 24.3 Å². The molecule has 0 aliphatic rings. The van der Waals surface area contributed by atoms with E-state index in [0.717, 1.165) is 5.69 Å². The minimum atomic E-state index is -0.877. The highest BCUT2D eigenvalue weighted by Gasteiger charge is 2.14. The molecule has 0 saturated heterocycles. The number of hydrogen-bond acceptors (Lipinski definition) is 5. The lowest BCUT2D eigenvalue weighted by Gasteiger charge is -2.09. The molecule has 7 nitrogen and oxygen atoms in total. The van der Waals surface area contributed by atoms with Crippen LogP contribution in [0, 0.1) is 6.92 Å². The molecule has 2 rings (SSSR count). The lowest BCUT2D eigenvalue weighted by molar-refractivity contribution is -0.136. The van der Waals surface area contributed by atoms with Gasteiger partial charge >= 0.3 is 11.9 Å². The van der Waals surface area contributed by atoms with Crippen molar-refractivity contribution in [2.75, 3.05) is 0 Å². The van der Waals surface area contributed by atoms with Gasteiger partial charge in [0.05, 0.1) is 35.2 Å². The summed E-state index contributed by atoms with van der Waals surface area (Å²) in [5.41, 5.74) is 2.48. The Hall–Kier alpha value is -2.70. The molecule has 1 aromatic carbocycles. The van der Waals surface area contributed by atoms with Crippen molar-refractivity contribution in [1.29, 1.82) is 0 Å². The Kier molecular flexibility index (Phi) is 5.10. The quantitative estimate of drug-likeness (QED) is 0.820. The predicted octanol–water partition coefficient (Wildman–Crippen LogP) is 2.16. The fourth-order valence-corrected chi connectivity index (χ4v) is 2.11. The Balaban J connectivity index is 2.25. The van der Waals surface area contributed by atoms with Gasteiger partial charge in [-0.05, 0) is 39.0 Å². The maximum absolute atomic E-state index is 12.0. The average Bonchev–Trinajstić information content (AvgIpc) is 2.85. The number of carboxylic acid groups (broad SMARTS) is 1. The molecule has 0 fully saturated rings. The summed E-state index contributed by atoms with van der Waals surface area (Å²) >= 11 is 0. The van der Waals surface area contributed by atoms with Gasteiger partial charge in [0, 0.05) is 6.42 Å². The number of carbonyl (C=O) groups is 2. The largest absolute Gasteiger partial charge is 0.481 e. The molecular formula is C16H19N3O4. The van der Waals surface area contributed by atoms with Gasteiger partial charge in [0.1, 0.15) is 0 Å². The minimum absolute atomic E-state index is 0.000285. The first-order valence-electron chi connectivity index (χ1n) is 7.33. The second kappa shape index (κ2) is 7.04. The molecule has 0 atom stereocenters. The van der Waals surface area contributed by atoms with E-state index in [1.807, 2.05) is 6.92 Å². The summed E-state index contributed by atoms with van der Waals surface area (Å²) in [4.78, 5) is 22.6. The lowest BCUT2D eigenvalue weighted by atomic mass is 10.2. The molecule has 0 spiro atoms. The van der Waals surface area contributed by atoms with Crippen molar-refractivity contribution in [2.45, 2.75) is 39.7 Å². The summed E-state index contributed by atoms with van der Waals surface area (Å²) in [5.74, 6) is -1.27. The van der Waals surface area contributed by atoms with Crippen LogP contribution in [0.5, 0.6) is 0 Å². The fraction of sp³-hybridized carbons (Fsp3) is 0.375. The minimum Gasteiger partial charge on any atom is -0.481 e. The number of benzene rings is 1. The number of hydrogen-bond donors (Lipinski definition) is 1. The second-order valence-electron chi connectivity index (χ2n) is 5.43. The summed E-state index contributed by atoms with van der Waals surface area (Å²) in [6, 6.07) is 6.89. The molecule has 0 amide bonds. The summed E-state index contributed by atoms with van der Waals surface area (Å²) in [6.45, 7) is 5.40. The number of rotatable bonds is 6. The van der Waals surface area contributed by atoms with Crippen molar-refractivity contribution >= 4 is 11.9 Å². The first-order valence-corrected chi connectivity index (χ1v) is 7.33. The molecule has 0 aliphatic heterocycles. The molecular weight excluding hydrogens is 298 g/mol. The van der Waals surface area contributed by atoms with Crippen LogP contribution in [0.25, 0.3) is 5.69 Å². The van der Waals surface area contributed by atoms with Gasteiger partial charge in [0.25, 0.3) is 0 Å². The van der Waals surface area contributed by atoms with Crippen LogP contribution in [0.1, 0.15) is 42.0 Å². The highest BCUT2D eigenvalue weighted by molar-refractivity contribution is 5.90. The lowest BCUT2D eigenvalue weighted by Crippen LogP contribution is -2.12. The molecule has 1 N–H and O–H groups in total. The van der Waals surface area contributed by atoms with E-state index in [9.17, 15) is 9.59 Å². The third kappa shape index (κ3) is 4.15. The van der Waals surface area contributed by atoms with Crippen molar-refractivity contribution in [3.05, 3.63) is 41.2 Å². The molecule has 0 saturated carbocycles. The molecule has 0 bridgehead atoms. The maximum atomic E-state index is 12.0. The normalized spacial score (nSPS) is 10.8. The van der Waals surface area contributed by atoms with Crippen LogP contribution >= 0.6 is 0 Å². The van der Waals surface area contributed by atoms with Crippen molar-refractivity contribution in [2.24, 2.45) is 0 Å². The maximum Gasteiger partial charge on any atom is 0.338 e. The Morgan fingerprint density at radius 1 is 1.35 bits per heavy atom. The fourth-order valence-electron chi connectivity index (χ4n) is 2.11. The van der Waals surface area contributed by atoms with Gasteiger partial charge in [-0.15, -0.1) is 5.10 Å². The Morgan fingerprint density at radius 2 is 2.09 bits per heavy atom. The molecule has 7 heteroatoms. The average molecular weight is 317 g/mol. The van der Waals surface area contributed by atoms with Crippen LogP contribution in [-0.2, 0) is 16.0 Å². The second-order valence-corrected chi connectivity index (χ2v) is 5.43. The zero-order chi connectivity index (χ0) is 17.0. The van der Waals surface area contributed by atoms with Crippen LogP contribution in [-0.4, -0.2) is 38.1 Å². The van der Waals surface area contributed by atoms with E-state index in [2.05, 4.69) is 10.3 Å². The zero-order valence-corrected chi connectivity index (χ0v) is 13.3. The number of nitrogens with zero attached hydrogens (tertiary/aromatic N) is 3. The van der Waals surface area contributed by atoms with Crippen LogP contribution < -0.4 is 0 Å². The predicted molar refractivity (Wildman–Crippen MR) is 82.6 cm³/mol. The van der Waals surface area contributed by atoms with Gasteiger partial charge in [-0.2, -0.15) is 0 Å². The monoisotopic (exact) mass is 317 g/mol. The van der Waals surface area contributed by atoms with Crippen LogP contribution in [0.2, 0.25) is 0 Å². The number of carboxylic acids is 1. The number of aliphatic carboxylic acids is 1. The van der Waals surface area contributed by atoms with E-state index in [-0.39, 0.29) is 12.5 Å². The van der Waals surface area contributed by atoms with Crippen molar-refractivity contribution in [1.82, 2.24) is 15.0 Å². The van der Waals surface area contributed by atoms with Crippen molar-refractivity contribution in [3.8, 4) is 5.69 Å². The van der Waals surface area contributed by atoms with E-state index in [4.69, 9.17) is 9.84 Å². The Labute approximate surface area is 133 Å². The van der Waals surface area contributed by atoms with E-state index >= 15 is 0 Å². The SMILES string of the molecule is Cc1c(CCC(=O)O)nnn1-c1cccc(C(=O)OC(C)C)c1. The molecule has 0 radical (unpaired) electrons. The number of ether oxygens (including phenoxy) is 1. The highest BCUT2D eigenvalue weighted by Crippen LogP contribution is 2.16. The standard InChI is InChI=1S/C16H19N3O4/c1-10(2)23-16(22)12-5-4-6-13(9-12)19-11(3)14(17-18-19)7-8-15(20)21/h4-6,9-10H,7-8H2,1-3H3,(H,20,21). The summed E-state index contributed by atoms with van der Waals surface area (Å²) in [6.07, 6.45) is 0.123. The number of esters is 1. The van der Waals surface area contributed by atoms with Crippen LogP contribution in [0.3, 0.4) is 0 Å². The number of aromatic nitrogens is 3. The van der Waals surface area contributed by atoms with E-state index in [1.165, 1.54) is 0 Å². The first kappa shape index (κ1) is 16.7. The first-order chi connectivity index (χ1) is 10.9. The Morgan fingerprint density at radius 3 is 2.74 bits per heavy atom. The van der Waals surface area contributed by atoms with Gasteiger partial charge < -0.3 is 9.84 Å². The topological polar surface area (TPSA) is 94.3 Å². The number of aryl methyl sites for hydroxylation is 1. The number of carbonyl (C=O) groups excluding carboxylic acids is 1. The van der Waals surface area contributed by atoms with E-state index < -0.39 is 11.9 Å². The smallest absolute Gasteiger partial charge is 0.338 e. The molecule has 0 unspecified atom stereocenters. The molecule has 2 aromatic rings. The molecule has 1 heterocycles. The summed E-state index contributed by atoms with van der Waals surface area (Å²) in [7, 11) is 0. The molecule has 122 valence electrons. The van der Waals surface area contributed by atoms with Crippen molar-refractivity contribution in [3.63, 3.8) is 0 Å². The third-order valence-electron chi connectivity index (χ3n) is 3.24. The van der Waals surface area contributed by atoms with Gasteiger partial charge in [0.15, 0.2) is 0 Å². The zero-order valence-electron chi connectivity index (χ0n) is 13.3. The van der Waals surface area contributed by atoms with Gasteiger partial charge in [-0.25, -0.2) is 9.48 Å². The molecule has 0 aliphatic carbocycles. The summed E-state index contributed by atoms with van der Waals surface area (Å²) < 4.78 is 6.76.